The number of carbonyl (C=O) groups is 3. The van der Waals surface area contributed by atoms with Crippen molar-refractivity contribution < 1.29 is 23.9 Å². The predicted octanol–water partition coefficient (Wildman–Crippen LogP) is 5.98. The first-order chi connectivity index (χ1) is 17.6. The Morgan fingerprint density at radius 2 is 1.86 bits per heavy atom. The molecule has 1 amide bonds. The van der Waals surface area contributed by atoms with Gasteiger partial charge in [0, 0.05) is 32.7 Å². The van der Waals surface area contributed by atoms with Crippen LogP contribution in [-0.2, 0) is 23.9 Å². The van der Waals surface area contributed by atoms with E-state index in [4.69, 9.17) is 4.74 Å². The molecule has 0 saturated heterocycles. The average Bonchev–Trinajstić information content (AvgIpc) is 3.22. The SMILES string of the molecule is COC(=O)CCCNC(=O)CCC(C)[C@H]1CCC2C3CC=C4C[C@@H](OC(C)=O)CC[C@]4(C)C3CC[C@@]21C. The minimum atomic E-state index is -0.227. The first-order valence-electron chi connectivity index (χ1n) is 14.8. The molecule has 0 aliphatic heterocycles. The molecule has 3 fully saturated rings. The maximum Gasteiger partial charge on any atom is 0.305 e. The van der Waals surface area contributed by atoms with Crippen LogP contribution in [0.1, 0.15) is 105 Å². The van der Waals surface area contributed by atoms with Gasteiger partial charge in [0.2, 0.25) is 5.91 Å². The monoisotopic (exact) mass is 515 g/mol. The summed E-state index contributed by atoms with van der Waals surface area (Å²) < 4.78 is 10.3. The number of amides is 1. The third-order valence-electron chi connectivity index (χ3n) is 11.1. The van der Waals surface area contributed by atoms with Gasteiger partial charge in [-0.15, -0.1) is 0 Å². The van der Waals surface area contributed by atoms with Gasteiger partial charge in [0.25, 0.3) is 0 Å². The molecule has 208 valence electrons. The molecule has 4 unspecified atom stereocenters. The van der Waals surface area contributed by atoms with Gasteiger partial charge in [-0.3, -0.25) is 14.4 Å². The number of carbonyl (C=O) groups excluding carboxylic acids is 3. The van der Waals surface area contributed by atoms with Crippen LogP contribution in [0, 0.1) is 40.4 Å². The topological polar surface area (TPSA) is 81.7 Å². The Morgan fingerprint density at radius 1 is 1.08 bits per heavy atom. The summed E-state index contributed by atoms with van der Waals surface area (Å²) in [6.07, 6.45) is 14.5. The van der Waals surface area contributed by atoms with Crippen molar-refractivity contribution in [3.63, 3.8) is 0 Å². The highest BCUT2D eigenvalue weighted by atomic mass is 16.5. The number of fused-ring (bicyclic) bond motifs is 5. The van der Waals surface area contributed by atoms with Gasteiger partial charge in [-0.2, -0.15) is 0 Å². The molecule has 0 radical (unpaired) electrons. The molecule has 1 N–H and O–H groups in total. The number of hydrogen-bond acceptors (Lipinski definition) is 5. The van der Waals surface area contributed by atoms with Crippen LogP contribution in [0.5, 0.6) is 0 Å². The lowest BCUT2D eigenvalue weighted by atomic mass is 9.47. The number of allylic oxidation sites excluding steroid dienone is 1. The first kappa shape index (κ1) is 28.2. The zero-order valence-corrected chi connectivity index (χ0v) is 23.8. The fraction of sp³-hybridized carbons (Fsp3) is 0.839. The zero-order chi connectivity index (χ0) is 26.8. The van der Waals surface area contributed by atoms with Crippen molar-refractivity contribution in [1.29, 1.82) is 0 Å². The Labute approximate surface area is 223 Å². The molecule has 4 rings (SSSR count). The summed E-state index contributed by atoms with van der Waals surface area (Å²) in [5, 5.41) is 2.97. The van der Waals surface area contributed by atoms with Crippen LogP contribution in [0.4, 0.5) is 0 Å². The molecule has 6 nitrogen and oxygen atoms in total. The summed E-state index contributed by atoms with van der Waals surface area (Å²) in [6, 6.07) is 0. The summed E-state index contributed by atoms with van der Waals surface area (Å²) in [4.78, 5) is 35.2. The summed E-state index contributed by atoms with van der Waals surface area (Å²) in [7, 11) is 1.39. The fourth-order valence-corrected chi connectivity index (χ4v) is 9.15. The number of rotatable bonds is 9. The van der Waals surface area contributed by atoms with Gasteiger partial charge in [-0.05, 0) is 98.2 Å². The van der Waals surface area contributed by atoms with Crippen LogP contribution in [0.25, 0.3) is 0 Å². The van der Waals surface area contributed by atoms with Crippen LogP contribution in [0.3, 0.4) is 0 Å². The lowest BCUT2D eigenvalue weighted by Crippen LogP contribution is -2.51. The normalized spacial score (nSPS) is 37.3. The summed E-state index contributed by atoms with van der Waals surface area (Å²) in [5.41, 5.74) is 2.18. The van der Waals surface area contributed by atoms with Crippen molar-refractivity contribution in [3.8, 4) is 0 Å². The number of nitrogens with one attached hydrogen (secondary N) is 1. The van der Waals surface area contributed by atoms with Crippen molar-refractivity contribution in [2.24, 2.45) is 40.4 Å². The van der Waals surface area contributed by atoms with Crippen molar-refractivity contribution in [2.75, 3.05) is 13.7 Å². The molecule has 0 bridgehead atoms. The highest BCUT2D eigenvalue weighted by Crippen LogP contribution is 2.67. The molecule has 6 heteroatoms. The number of hydrogen-bond donors (Lipinski definition) is 1. The Hall–Kier alpha value is -1.85. The molecule has 0 heterocycles. The molecule has 0 aromatic carbocycles. The van der Waals surface area contributed by atoms with Crippen LogP contribution in [-0.4, -0.2) is 37.6 Å². The highest BCUT2D eigenvalue weighted by molar-refractivity contribution is 5.76. The summed E-state index contributed by atoms with van der Waals surface area (Å²) in [6.45, 7) is 9.49. The standard InChI is InChI=1S/C31H49NO5/c1-20(8-13-28(34)32-18-6-7-29(35)36-5)25-11-12-26-24-10-9-22-19-23(37-21(2)33)14-16-30(22,3)27(24)15-17-31(25,26)4/h9,20,23-27H,6-8,10-19H2,1-5H3,(H,32,34)/t20?,23-,24?,25+,26?,27?,30-,31+/m0/s1. The van der Waals surface area contributed by atoms with Crippen LogP contribution < -0.4 is 5.32 Å². The minimum absolute atomic E-state index is 0.0593. The van der Waals surface area contributed by atoms with E-state index < -0.39 is 0 Å². The second-order valence-electron chi connectivity index (χ2n) is 13.0. The van der Waals surface area contributed by atoms with Gasteiger partial charge in [-0.1, -0.05) is 32.4 Å². The summed E-state index contributed by atoms with van der Waals surface area (Å²) in [5.74, 6) is 3.21. The van der Waals surface area contributed by atoms with E-state index in [1.165, 1.54) is 46.1 Å². The Morgan fingerprint density at radius 3 is 2.59 bits per heavy atom. The molecule has 4 aliphatic rings. The first-order valence-corrected chi connectivity index (χ1v) is 14.8. The lowest BCUT2D eigenvalue weighted by molar-refractivity contribution is -0.148. The van der Waals surface area contributed by atoms with E-state index in [9.17, 15) is 14.4 Å². The van der Waals surface area contributed by atoms with Crippen molar-refractivity contribution in [2.45, 2.75) is 111 Å². The van der Waals surface area contributed by atoms with Crippen molar-refractivity contribution >= 4 is 17.8 Å². The fourth-order valence-electron chi connectivity index (χ4n) is 9.15. The van der Waals surface area contributed by atoms with E-state index in [1.54, 1.807) is 5.57 Å². The van der Waals surface area contributed by atoms with E-state index in [-0.39, 0.29) is 29.4 Å². The molecule has 0 spiro atoms. The van der Waals surface area contributed by atoms with Crippen molar-refractivity contribution in [3.05, 3.63) is 11.6 Å². The number of methoxy groups -OCH3 is 1. The van der Waals surface area contributed by atoms with Gasteiger partial charge >= 0.3 is 11.9 Å². The van der Waals surface area contributed by atoms with Gasteiger partial charge in [0.05, 0.1) is 7.11 Å². The smallest absolute Gasteiger partial charge is 0.305 e. The van der Waals surface area contributed by atoms with Gasteiger partial charge in [0.15, 0.2) is 0 Å². The van der Waals surface area contributed by atoms with Gasteiger partial charge < -0.3 is 14.8 Å². The molecular formula is C31H49NO5. The molecular weight excluding hydrogens is 466 g/mol. The molecule has 0 aromatic rings. The quantitative estimate of drug-likeness (QED) is 0.232. The Kier molecular flexibility index (Phi) is 8.75. The summed E-state index contributed by atoms with van der Waals surface area (Å²) >= 11 is 0. The van der Waals surface area contributed by atoms with Crippen molar-refractivity contribution in [1.82, 2.24) is 5.32 Å². The molecule has 0 aromatic heterocycles. The Balaban J connectivity index is 1.33. The van der Waals surface area contributed by atoms with Crippen LogP contribution in [0.15, 0.2) is 11.6 Å². The van der Waals surface area contributed by atoms with E-state index in [0.29, 0.717) is 43.1 Å². The van der Waals surface area contributed by atoms with Gasteiger partial charge in [-0.25, -0.2) is 0 Å². The molecule has 8 atom stereocenters. The van der Waals surface area contributed by atoms with Gasteiger partial charge in [0.1, 0.15) is 6.10 Å². The maximum absolute atomic E-state index is 12.4. The maximum atomic E-state index is 12.4. The number of ether oxygens (including phenoxy) is 2. The molecule has 3 saturated carbocycles. The number of esters is 2. The van der Waals surface area contributed by atoms with E-state index in [0.717, 1.165) is 43.4 Å². The second-order valence-corrected chi connectivity index (χ2v) is 13.0. The third kappa shape index (κ3) is 5.78. The third-order valence-corrected chi connectivity index (χ3v) is 11.1. The Bertz CT molecular complexity index is 898. The molecule has 4 aliphatic carbocycles. The minimum Gasteiger partial charge on any atom is -0.469 e. The predicted molar refractivity (Wildman–Crippen MR) is 143 cm³/mol. The van der Waals surface area contributed by atoms with Crippen LogP contribution >= 0.6 is 0 Å². The zero-order valence-electron chi connectivity index (χ0n) is 23.8. The second kappa shape index (κ2) is 11.5. The van der Waals surface area contributed by atoms with E-state index in [2.05, 4.69) is 36.9 Å². The van der Waals surface area contributed by atoms with E-state index >= 15 is 0 Å². The van der Waals surface area contributed by atoms with E-state index in [1.807, 2.05) is 0 Å². The largest absolute Gasteiger partial charge is 0.469 e. The average molecular weight is 516 g/mol. The highest BCUT2D eigenvalue weighted by Gasteiger charge is 2.59. The molecule has 37 heavy (non-hydrogen) atoms. The lowest BCUT2D eigenvalue weighted by Gasteiger charge is -2.58. The van der Waals surface area contributed by atoms with Crippen LogP contribution in [0.2, 0.25) is 0 Å².